The maximum atomic E-state index is 11.1. The molecule has 2 N–H and O–H groups in total. The number of rotatable bonds is 6. The molecule has 0 heterocycles. The van der Waals surface area contributed by atoms with Crippen LogP contribution in [0.25, 0.3) is 0 Å². The Hall–Kier alpha value is -0.830. The number of nitrogens with one attached hydrogen (secondary N) is 1. The van der Waals surface area contributed by atoms with E-state index in [1.807, 2.05) is 6.08 Å². The van der Waals surface area contributed by atoms with E-state index < -0.39 is 5.97 Å². The van der Waals surface area contributed by atoms with Gasteiger partial charge in [-0.05, 0) is 36.5 Å². The molecule has 0 amide bonds. The van der Waals surface area contributed by atoms with Crippen molar-refractivity contribution in [1.29, 1.82) is 0 Å². The highest BCUT2D eigenvalue weighted by molar-refractivity contribution is 5.67. The lowest BCUT2D eigenvalue weighted by Gasteiger charge is -2.42. The van der Waals surface area contributed by atoms with Crippen molar-refractivity contribution in [3.63, 3.8) is 0 Å². The molecule has 1 fully saturated rings. The molecule has 1 rings (SSSR count). The zero-order valence-electron chi connectivity index (χ0n) is 11.0. The van der Waals surface area contributed by atoms with Gasteiger partial charge in [-0.15, -0.1) is 6.58 Å². The Balaban J connectivity index is 2.69. The molecule has 1 aliphatic carbocycles. The van der Waals surface area contributed by atoms with Crippen molar-refractivity contribution >= 4 is 5.97 Å². The highest BCUT2D eigenvalue weighted by Gasteiger charge is 2.39. The number of carboxylic acids is 1. The predicted octanol–water partition coefficient (Wildman–Crippen LogP) is 2.68. The van der Waals surface area contributed by atoms with Crippen molar-refractivity contribution in [1.82, 2.24) is 5.32 Å². The monoisotopic (exact) mass is 239 g/mol. The van der Waals surface area contributed by atoms with Crippen LogP contribution in [0.2, 0.25) is 0 Å². The molecule has 3 heteroatoms. The molecule has 1 aliphatic rings. The van der Waals surface area contributed by atoms with Crippen LogP contribution in [0.4, 0.5) is 0 Å². The molecule has 17 heavy (non-hydrogen) atoms. The fourth-order valence-corrected chi connectivity index (χ4v) is 3.53. The first-order valence-corrected chi connectivity index (χ1v) is 6.51. The Morgan fingerprint density at radius 3 is 2.53 bits per heavy atom. The summed E-state index contributed by atoms with van der Waals surface area (Å²) in [4.78, 5) is 11.1. The summed E-state index contributed by atoms with van der Waals surface area (Å²) >= 11 is 0. The average molecular weight is 239 g/mol. The minimum Gasteiger partial charge on any atom is -0.481 e. The maximum Gasteiger partial charge on any atom is 0.303 e. The van der Waals surface area contributed by atoms with Gasteiger partial charge in [0.2, 0.25) is 0 Å². The van der Waals surface area contributed by atoms with Crippen LogP contribution in [-0.4, -0.2) is 24.2 Å². The summed E-state index contributed by atoms with van der Waals surface area (Å²) in [6.45, 7) is 9.70. The highest BCUT2D eigenvalue weighted by Crippen LogP contribution is 2.44. The predicted molar refractivity (Wildman–Crippen MR) is 69.9 cm³/mol. The first-order chi connectivity index (χ1) is 7.97. The molecule has 0 spiro atoms. The Morgan fingerprint density at radius 2 is 2.06 bits per heavy atom. The van der Waals surface area contributed by atoms with Gasteiger partial charge in [-0.3, -0.25) is 4.79 Å². The van der Waals surface area contributed by atoms with E-state index >= 15 is 0 Å². The number of carbonyl (C=O) groups is 1. The molecular weight excluding hydrogens is 214 g/mol. The Morgan fingerprint density at radius 1 is 1.47 bits per heavy atom. The van der Waals surface area contributed by atoms with E-state index in [2.05, 4.69) is 25.7 Å². The largest absolute Gasteiger partial charge is 0.481 e. The molecular formula is C14H25NO2. The van der Waals surface area contributed by atoms with Gasteiger partial charge in [0.25, 0.3) is 0 Å². The molecule has 0 aromatic carbocycles. The minimum atomic E-state index is -0.674. The first-order valence-electron chi connectivity index (χ1n) is 6.51. The van der Waals surface area contributed by atoms with Crippen LogP contribution in [0.5, 0.6) is 0 Å². The third-order valence-corrected chi connectivity index (χ3v) is 3.68. The second-order valence-corrected chi connectivity index (χ2v) is 5.84. The van der Waals surface area contributed by atoms with Gasteiger partial charge in [-0.1, -0.05) is 19.9 Å². The van der Waals surface area contributed by atoms with Crippen molar-refractivity contribution in [2.45, 2.75) is 39.5 Å². The van der Waals surface area contributed by atoms with E-state index in [1.54, 1.807) is 0 Å². The van der Waals surface area contributed by atoms with Crippen molar-refractivity contribution < 1.29 is 9.90 Å². The van der Waals surface area contributed by atoms with Gasteiger partial charge in [0.1, 0.15) is 0 Å². The summed E-state index contributed by atoms with van der Waals surface area (Å²) in [5, 5.41) is 12.4. The van der Waals surface area contributed by atoms with E-state index in [4.69, 9.17) is 5.11 Å². The molecule has 0 radical (unpaired) electrons. The summed E-state index contributed by atoms with van der Waals surface area (Å²) in [7, 11) is 0. The maximum absolute atomic E-state index is 11.1. The second-order valence-electron chi connectivity index (χ2n) is 5.84. The van der Waals surface area contributed by atoms with Crippen molar-refractivity contribution in [3.8, 4) is 0 Å². The first kappa shape index (κ1) is 14.2. The molecule has 0 aromatic rings. The van der Waals surface area contributed by atoms with Crippen LogP contribution in [0, 0.1) is 17.3 Å². The molecule has 3 atom stereocenters. The summed E-state index contributed by atoms with van der Waals surface area (Å²) in [6, 6.07) is 0. The van der Waals surface area contributed by atoms with Crippen LogP contribution < -0.4 is 5.32 Å². The van der Waals surface area contributed by atoms with Crippen LogP contribution >= 0.6 is 0 Å². The van der Waals surface area contributed by atoms with E-state index in [9.17, 15) is 4.79 Å². The molecule has 0 saturated heterocycles. The third-order valence-electron chi connectivity index (χ3n) is 3.68. The average Bonchev–Trinajstić information content (AvgIpc) is 2.14. The van der Waals surface area contributed by atoms with E-state index in [1.165, 1.54) is 6.42 Å². The SMILES string of the molecule is C=CCNC[C@]1(CC(=O)O)C[C@H](C)C[C@H](C)C1. The van der Waals surface area contributed by atoms with Crippen molar-refractivity contribution in [2.75, 3.05) is 13.1 Å². The van der Waals surface area contributed by atoms with Crippen molar-refractivity contribution in [2.24, 2.45) is 17.3 Å². The fraction of sp³-hybridized carbons (Fsp3) is 0.786. The van der Waals surface area contributed by atoms with E-state index in [0.29, 0.717) is 11.8 Å². The zero-order chi connectivity index (χ0) is 12.9. The quantitative estimate of drug-likeness (QED) is 0.553. The molecule has 1 saturated carbocycles. The molecule has 0 aliphatic heterocycles. The van der Waals surface area contributed by atoms with Gasteiger partial charge in [0.15, 0.2) is 0 Å². The lowest BCUT2D eigenvalue weighted by Crippen LogP contribution is -2.42. The smallest absolute Gasteiger partial charge is 0.303 e. The van der Waals surface area contributed by atoms with Gasteiger partial charge in [0, 0.05) is 13.1 Å². The summed E-state index contributed by atoms with van der Waals surface area (Å²) in [5.41, 5.74) is -0.0636. The second kappa shape index (κ2) is 6.20. The molecule has 0 aromatic heterocycles. The Labute approximate surface area is 104 Å². The van der Waals surface area contributed by atoms with Gasteiger partial charge in [0.05, 0.1) is 6.42 Å². The summed E-state index contributed by atoms with van der Waals surface area (Å²) in [6.07, 6.45) is 5.38. The molecule has 3 nitrogen and oxygen atoms in total. The lowest BCUT2D eigenvalue weighted by atomic mass is 9.64. The van der Waals surface area contributed by atoms with Gasteiger partial charge >= 0.3 is 5.97 Å². The van der Waals surface area contributed by atoms with E-state index in [-0.39, 0.29) is 11.8 Å². The van der Waals surface area contributed by atoms with Crippen LogP contribution in [-0.2, 0) is 4.79 Å². The van der Waals surface area contributed by atoms with Crippen LogP contribution in [0.15, 0.2) is 12.7 Å². The highest BCUT2D eigenvalue weighted by atomic mass is 16.4. The third kappa shape index (κ3) is 4.50. The van der Waals surface area contributed by atoms with Crippen molar-refractivity contribution in [3.05, 3.63) is 12.7 Å². The number of hydrogen-bond acceptors (Lipinski definition) is 2. The summed E-state index contributed by atoms with van der Waals surface area (Å²) in [5.74, 6) is 0.582. The Kier molecular flexibility index (Phi) is 5.19. The van der Waals surface area contributed by atoms with Gasteiger partial charge in [-0.25, -0.2) is 0 Å². The standard InChI is InChI=1S/C14H25NO2/c1-4-5-15-10-14(9-13(16)17)7-11(2)6-12(3)8-14/h4,11-12,15H,1,5-10H2,2-3H3,(H,16,17)/t11-,12+,14-. The molecule has 0 unspecified atom stereocenters. The Bertz CT molecular complexity index is 265. The summed E-state index contributed by atoms with van der Waals surface area (Å²) < 4.78 is 0. The fourth-order valence-electron chi connectivity index (χ4n) is 3.53. The van der Waals surface area contributed by atoms with Crippen LogP contribution in [0.1, 0.15) is 39.5 Å². The number of hydrogen-bond donors (Lipinski definition) is 2. The zero-order valence-corrected chi connectivity index (χ0v) is 11.0. The van der Waals surface area contributed by atoms with Gasteiger partial charge < -0.3 is 10.4 Å². The molecule has 98 valence electrons. The number of carboxylic acid groups (broad SMARTS) is 1. The topological polar surface area (TPSA) is 49.3 Å². The minimum absolute atomic E-state index is 0.0636. The lowest BCUT2D eigenvalue weighted by molar-refractivity contribution is -0.140. The van der Waals surface area contributed by atoms with Crippen LogP contribution in [0.3, 0.4) is 0 Å². The van der Waals surface area contributed by atoms with Gasteiger partial charge in [-0.2, -0.15) is 0 Å². The molecule has 0 bridgehead atoms. The number of aliphatic carboxylic acids is 1. The normalized spacial score (nSPS) is 33.3. The van der Waals surface area contributed by atoms with E-state index in [0.717, 1.165) is 25.9 Å².